The third-order valence-electron chi connectivity index (χ3n) is 1.12. The van der Waals surface area contributed by atoms with E-state index in [9.17, 15) is 0 Å². The van der Waals surface area contributed by atoms with Crippen LogP contribution in [0.4, 0.5) is 0 Å². The molecule has 0 aliphatic heterocycles. The normalized spacial score (nSPS) is 8.11. The molecule has 0 heterocycles. The van der Waals surface area contributed by atoms with E-state index in [1.165, 1.54) is 5.56 Å². The van der Waals surface area contributed by atoms with Crippen LogP contribution in [-0.2, 0) is 27.3 Å². The van der Waals surface area contributed by atoms with Crippen molar-refractivity contribution in [2.45, 2.75) is 6.92 Å². The Morgan fingerprint density at radius 3 is 1.89 bits per heavy atom. The molecule has 0 atom stereocenters. The van der Waals surface area contributed by atoms with E-state index in [0.29, 0.717) is 0 Å². The predicted molar refractivity (Wildman–Crippen MR) is 35.6 cm³/mol. The van der Waals surface area contributed by atoms with Crippen LogP contribution in [0.3, 0.4) is 0 Å². The van der Waals surface area contributed by atoms with Gasteiger partial charge in [0.1, 0.15) is 0 Å². The Morgan fingerprint density at radius 2 is 1.56 bits per heavy atom. The first kappa shape index (κ1) is 9.01. The number of rotatable bonds is 0. The molecule has 1 rings (SSSR count). The molecule has 0 saturated heterocycles. The van der Waals surface area contributed by atoms with E-state index in [1.54, 1.807) is 0 Å². The summed E-state index contributed by atoms with van der Waals surface area (Å²) in [4.78, 5) is 0. The van der Waals surface area contributed by atoms with Crippen molar-refractivity contribution in [3.05, 3.63) is 42.3 Å². The minimum absolute atomic E-state index is 0. The van der Waals surface area contributed by atoms with Gasteiger partial charge in [0.2, 0.25) is 0 Å². The van der Waals surface area contributed by atoms with E-state index in [1.807, 2.05) is 12.1 Å². The average molecular weight is 218 g/mol. The van der Waals surface area contributed by atoms with Gasteiger partial charge in [-0.25, -0.2) is 0 Å². The molecule has 0 aliphatic rings. The quantitative estimate of drug-likeness (QED) is 0.462. The fraction of sp³-hybridized carbons (Fsp3) is 0.125. The molecule has 1 aromatic carbocycles. The van der Waals surface area contributed by atoms with Crippen LogP contribution in [0.25, 0.3) is 0 Å². The van der Waals surface area contributed by atoms with E-state index >= 15 is 0 Å². The molecule has 0 radical (unpaired) electrons. The van der Waals surface area contributed by atoms with Gasteiger partial charge in [-0.2, -0.15) is 24.6 Å². The zero-order valence-electron chi connectivity index (χ0n) is 5.72. The minimum atomic E-state index is 0. The summed E-state index contributed by atoms with van der Waals surface area (Å²) in [7, 11) is 0. The van der Waals surface area contributed by atoms with E-state index in [-0.39, 0.29) is 27.3 Å². The van der Waals surface area contributed by atoms with Crippen molar-refractivity contribution >= 4 is 0 Å². The van der Waals surface area contributed by atoms with Crippen LogP contribution in [-0.4, -0.2) is 0 Å². The maximum absolute atomic E-state index is 3.76. The van der Waals surface area contributed by atoms with Crippen LogP contribution in [0.1, 0.15) is 11.1 Å². The van der Waals surface area contributed by atoms with Crippen LogP contribution in [0.15, 0.2) is 24.3 Å². The van der Waals surface area contributed by atoms with Gasteiger partial charge in [0, 0.05) is 27.3 Å². The third kappa shape index (κ3) is 2.89. The summed E-state index contributed by atoms with van der Waals surface area (Å²) in [5.74, 6) is 0. The minimum Gasteiger partial charge on any atom is -0.199 e. The van der Waals surface area contributed by atoms with Crippen LogP contribution in [0.2, 0.25) is 0 Å². The molecule has 0 spiro atoms. The van der Waals surface area contributed by atoms with Crippen LogP contribution >= 0.6 is 0 Å². The van der Waals surface area contributed by atoms with Gasteiger partial charge in [0.05, 0.1) is 0 Å². The topological polar surface area (TPSA) is 0 Å². The van der Waals surface area contributed by atoms with Gasteiger partial charge in [0.25, 0.3) is 0 Å². The molecule has 1 heteroatoms. The van der Waals surface area contributed by atoms with Gasteiger partial charge in [-0.05, 0) is 6.92 Å². The zero-order chi connectivity index (χ0) is 5.98. The van der Waals surface area contributed by atoms with Gasteiger partial charge in [0.15, 0.2) is 0 Å². The number of aryl methyl sites for hydroxylation is 1. The zero-order valence-corrected chi connectivity index (χ0v) is 9.76. The summed E-state index contributed by atoms with van der Waals surface area (Å²) in [5, 5.41) is 0. The summed E-state index contributed by atoms with van der Waals surface area (Å²) < 4.78 is 0. The van der Waals surface area contributed by atoms with Crippen LogP contribution in [0, 0.1) is 13.8 Å². The van der Waals surface area contributed by atoms with Crippen molar-refractivity contribution in [3.8, 4) is 0 Å². The maximum Gasteiger partial charge on any atom is 0 e. The number of benzene rings is 1. The van der Waals surface area contributed by atoms with Crippen molar-refractivity contribution in [3.63, 3.8) is 0 Å². The SMILES string of the molecule is [CH2-]c1ccc(C)cc1.[Cd]. The Hall–Kier alpha value is 0.0121. The van der Waals surface area contributed by atoms with Gasteiger partial charge in [-0.15, -0.1) is 12.1 Å². The van der Waals surface area contributed by atoms with Crippen LogP contribution < -0.4 is 0 Å². The molecule has 0 amide bonds. The first-order valence-corrected chi connectivity index (χ1v) is 2.67. The molecule has 0 bridgehead atoms. The summed E-state index contributed by atoms with van der Waals surface area (Å²) in [6.45, 7) is 5.83. The second-order valence-corrected chi connectivity index (χ2v) is 1.99. The molecule has 0 N–H and O–H groups in total. The molecule has 0 aliphatic carbocycles. The summed E-state index contributed by atoms with van der Waals surface area (Å²) >= 11 is 0. The molecule has 0 saturated carbocycles. The first-order valence-electron chi connectivity index (χ1n) is 2.67. The molecular formula is C8H9Cd-. The summed E-state index contributed by atoms with van der Waals surface area (Å²) in [6.07, 6.45) is 0. The van der Waals surface area contributed by atoms with Crippen molar-refractivity contribution in [2.75, 3.05) is 0 Å². The molecule has 0 unspecified atom stereocenters. The summed E-state index contributed by atoms with van der Waals surface area (Å²) in [6, 6.07) is 8.13. The maximum atomic E-state index is 3.76. The largest absolute Gasteiger partial charge is 0.199 e. The molecule has 9 heavy (non-hydrogen) atoms. The van der Waals surface area contributed by atoms with Crippen molar-refractivity contribution in [1.82, 2.24) is 0 Å². The van der Waals surface area contributed by atoms with Crippen LogP contribution in [0.5, 0.6) is 0 Å². The van der Waals surface area contributed by atoms with Crippen molar-refractivity contribution in [2.24, 2.45) is 0 Å². The third-order valence-corrected chi connectivity index (χ3v) is 1.12. The first-order chi connectivity index (χ1) is 3.79. The molecule has 1 aromatic rings. The van der Waals surface area contributed by atoms with Gasteiger partial charge in [-0.1, -0.05) is 5.56 Å². The van der Waals surface area contributed by atoms with Gasteiger partial charge >= 0.3 is 0 Å². The van der Waals surface area contributed by atoms with Gasteiger partial charge in [-0.3, -0.25) is 0 Å². The standard InChI is InChI=1S/C8H9.Cd/c1-7-3-5-8(2)6-4-7;/h3-6H,1H2,2H3;/q-1;. The van der Waals surface area contributed by atoms with Crippen molar-refractivity contribution < 1.29 is 27.3 Å². The molecule has 44 valence electrons. The number of hydrogen-bond donors (Lipinski definition) is 0. The molecular weight excluding hydrogens is 208 g/mol. The van der Waals surface area contributed by atoms with E-state index in [0.717, 1.165) is 5.56 Å². The predicted octanol–water partition coefficient (Wildman–Crippen LogP) is 2.17. The Morgan fingerprint density at radius 1 is 1.11 bits per heavy atom. The Kier molecular flexibility index (Phi) is 3.94. The molecule has 0 nitrogen and oxygen atoms in total. The van der Waals surface area contributed by atoms with E-state index < -0.39 is 0 Å². The second kappa shape index (κ2) is 3.93. The second-order valence-electron chi connectivity index (χ2n) is 1.99. The Labute approximate surface area is 76.4 Å². The van der Waals surface area contributed by atoms with Gasteiger partial charge < -0.3 is 0 Å². The Bertz CT molecular complexity index is 143. The van der Waals surface area contributed by atoms with E-state index in [2.05, 4.69) is 26.0 Å². The average Bonchev–Trinajstić information content (AvgIpc) is 1.77. The monoisotopic (exact) mass is 219 g/mol. The number of hydrogen-bond acceptors (Lipinski definition) is 0. The summed E-state index contributed by atoms with van der Waals surface area (Å²) in [5.41, 5.74) is 2.37. The van der Waals surface area contributed by atoms with Crippen molar-refractivity contribution in [1.29, 1.82) is 0 Å². The smallest absolute Gasteiger partial charge is 0 e. The fourth-order valence-electron chi connectivity index (χ4n) is 0.588. The fourth-order valence-corrected chi connectivity index (χ4v) is 0.588. The molecule has 0 fully saturated rings. The molecule has 0 aromatic heterocycles. The van der Waals surface area contributed by atoms with E-state index in [4.69, 9.17) is 0 Å². The Balaban J connectivity index is 0.000000640.